The molecule has 9 nitrogen and oxygen atoms in total. The van der Waals surface area contributed by atoms with E-state index in [2.05, 4.69) is 50.0 Å². The van der Waals surface area contributed by atoms with Gasteiger partial charge in [0.2, 0.25) is 11.9 Å². The molecule has 0 amide bonds. The minimum Gasteiger partial charge on any atom is -0.424 e. The second-order valence-corrected chi connectivity index (χ2v) is 7.81. The molecule has 1 saturated heterocycles. The number of hydrogen-bond donors (Lipinski definition) is 2. The summed E-state index contributed by atoms with van der Waals surface area (Å²) in [5.41, 5.74) is 4.87. The van der Waals surface area contributed by atoms with Gasteiger partial charge in [-0.3, -0.25) is 0 Å². The number of nitrogens with one attached hydrogen (secondary N) is 2. The Morgan fingerprint density at radius 3 is 2.61 bits per heavy atom. The second-order valence-electron chi connectivity index (χ2n) is 7.81. The van der Waals surface area contributed by atoms with Crippen molar-refractivity contribution >= 4 is 34.2 Å². The molecule has 0 radical (unpaired) electrons. The van der Waals surface area contributed by atoms with Crippen molar-refractivity contribution in [2.75, 3.05) is 36.5 Å². The third kappa shape index (κ3) is 4.42. The highest BCUT2D eigenvalue weighted by molar-refractivity contribution is 5.88. The molecule has 0 spiro atoms. The van der Waals surface area contributed by atoms with E-state index in [-0.39, 0.29) is 6.01 Å². The van der Waals surface area contributed by atoms with Crippen LogP contribution in [0.25, 0.3) is 15.7 Å². The summed E-state index contributed by atoms with van der Waals surface area (Å²) in [6, 6.07) is 13.1. The van der Waals surface area contributed by atoms with E-state index >= 15 is 0 Å². The van der Waals surface area contributed by atoms with Crippen LogP contribution in [0.5, 0.6) is 11.8 Å². The van der Waals surface area contributed by atoms with Gasteiger partial charge in [0.25, 0.3) is 0 Å². The summed E-state index contributed by atoms with van der Waals surface area (Å²) in [5.74, 6) is 1.47. The molecule has 1 aliphatic rings. The van der Waals surface area contributed by atoms with Crippen molar-refractivity contribution in [3.63, 3.8) is 0 Å². The van der Waals surface area contributed by atoms with E-state index in [1.807, 2.05) is 17.0 Å². The molecule has 9 heteroatoms. The third-order valence-electron chi connectivity index (χ3n) is 5.64. The minimum absolute atomic E-state index is 0.180. The lowest BCUT2D eigenvalue weighted by Crippen LogP contribution is -2.37. The largest absolute Gasteiger partial charge is 0.424 e. The molecule has 33 heavy (non-hydrogen) atoms. The number of nitrogens with zero attached hydrogens (tertiary/aromatic N) is 5. The molecule has 5 rings (SSSR count). The Hall–Kier alpha value is -4.16. The van der Waals surface area contributed by atoms with Crippen molar-refractivity contribution in [3.8, 4) is 11.8 Å². The Morgan fingerprint density at radius 2 is 1.85 bits per heavy atom. The van der Waals surface area contributed by atoms with Crippen LogP contribution in [0.1, 0.15) is 11.3 Å². The van der Waals surface area contributed by atoms with Gasteiger partial charge in [-0.2, -0.15) is 15.0 Å². The Kier molecular flexibility index (Phi) is 5.50. The summed E-state index contributed by atoms with van der Waals surface area (Å²) in [4.78, 5) is 22.5. The van der Waals surface area contributed by atoms with Gasteiger partial charge in [-0.05, 0) is 49.7 Å². The Labute approximate surface area is 191 Å². The first-order valence-corrected chi connectivity index (χ1v) is 10.7. The highest BCUT2D eigenvalue weighted by atomic mass is 16.5. The zero-order valence-corrected chi connectivity index (χ0v) is 18.4. The van der Waals surface area contributed by atoms with Gasteiger partial charge in [-0.1, -0.05) is 12.1 Å². The lowest BCUT2D eigenvalue weighted by Gasteiger charge is -2.27. The van der Waals surface area contributed by atoms with Gasteiger partial charge in [0.1, 0.15) is 5.75 Å². The van der Waals surface area contributed by atoms with E-state index in [0.717, 1.165) is 22.3 Å². The monoisotopic (exact) mass is 441 g/mol. The van der Waals surface area contributed by atoms with Gasteiger partial charge in [-0.15, -0.1) is 0 Å². The number of rotatable bonds is 5. The molecule has 0 unspecified atom stereocenters. The zero-order valence-electron chi connectivity index (χ0n) is 18.4. The van der Waals surface area contributed by atoms with E-state index in [9.17, 15) is 0 Å². The molecule has 0 atom stereocenters. The number of ether oxygens (including phenoxy) is 2. The van der Waals surface area contributed by atoms with Gasteiger partial charge in [0, 0.05) is 35.4 Å². The predicted molar refractivity (Wildman–Crippen MR) is 127 cm³/mol. The van der Waals surface area contributed by atoms with E-state index in [4.69, 9.17) is 16.0 Å². The average Bonchev–Trinajstić information content (AvgIpc) is 3.13. The molecule has 2 aromatic heterocycles. The van der Waals surface area contributed by atoms with Gasteiger partial charge in [0.05, 0.1) is 19.8 Å². The molecular formula is C24H23N7O2. The first-order valence-electron chi connectivity index (χ1n) is 10.7. The molecule has 0 bridgehead atoms. The second kappa shape index (κ2) is 8.76. The van der Waals surface area contributed by atoms with Gasteiger partial charge in [0.15, 0.2) is 5.69 Å². The molecule has 3 heterocycles. The van der Waals surface area contributed by atoms with Crippen LogP contribution in [0.3, 0.4) is 0 Å². The minimum atomic E-state index is 0.180. The van der Waals surface area contributed by atoms with Crippen LogP contribution in [0.4, 0.5) is 23.3 Å². The van der Waals surface area contributed by atoms with E-state index in [1.54, 1.807) is 24.3 Å². The van der Waals surface area contributed by atoms with Crippen molar-refractivity contribution in [1.29, 1.82) is 0 Å². The fraction of sp³-hybridized carbons (Fsp3) is 0.250. The maximum Gasteiger partial charge on any atom is 0.328 e. The molecule has 0 saturated carbocycles. The number of aryl methyl sites for hydroxylation is 2. The normalized spacial score (nSPS) is 13.7. The highest BCUT2D eigenvalue weighted by Gasteiger charge is 2.18. The summed E-state index contributed by atoms with van der Waals surface area (Å²) in [5, 5.41) is 4.45. The van der Waals surface area contributed by atoms with Crippen LogP contribution in [0, 0.1) is 20.4 Å². The van der Waals surface area contributed by atoms with Crippen molar-refractivity contribution in [2.45, 2.75) is 13.8 Å². The fourth-order valence-corrected chi connectivity index (χ4v) is 3.71. The van der Waals surface area contributed by atoms with Crippen LogP contribution in [-0.4, -0.2) is 46.2 Å². The van der Waals surface area contributed by atoms with Crippen molar-refractivity contribution < 1.29 is 9.47 Å². The molecule has 4 aromatic rings. The quantitative estimate of drug-likeness (QED) is 0.426. The Balaban J connectivity index is 1.47. The fourth-order valence-electron chi connectivity index (χ4n) is 3.71. The molecule has 2 aromatic carbocycles. The van der Waals surface area contributed by atoms with Crippen molar-refractivity contribution in [2.24, 2.45) is 0 Å². The summed E-state index contributed by atoms with van der Waals surface area (Å²) in [6.45, 7) is 13.9. The summed E-state index contributed by atoms with van der Waals surface area (Å²) in [6.07, 6.45) is 0. The van der Waals surface area contributed by atoms with E-state index in [1.165, 1.54) is 5.56 Å². The number of H-pyrrole nitrogens is 1. The lowest BCUT2D eigenvalue weighted by molar-refractivity contribution is 0.122. The van der Waals surface area contributed by atoms with Crippen LogP contribution < -0.4 is 15.0 Å². The maximum atomic E-state index is 7.10. The first kappa shape index (κ1) is 20.7. The molecule has 0 aliphatic carbocycles. The van der Waals surface area contributed by atoms with Gasteiger partial charge in [-0.25, -0.2) is 4.85 Å². The number of anilines is 3. The lowest BCUT2D eigenvalue weighted by atomic mass is 10.1. The first-order chi connectivity index (χ1) is 16.1. The van der Waals surface area contributed by atoms with Gasteiger partial charge < -0.3 is 24.7 Å². The smallest absolute Gasteiger partial charge is 0.328 e. The van der Waals surface area contributed by atoms with E-state index in [0.29, 0.717) is 49.6 Å². The summed E-state index contributed by atoms with van der Waals surface area (Å²) >= 11 is 0. The molecule has 1 aliphatic heterocycles. The third-order valence-corrected chi connectivity index (χ3v) is 5.64. The molecule has 1 fully saturated rings. The van der Waals surface area contributed by atoms with Crippen molar-refractivity contribution in [3.05, 3.63) is 65.1 Å². The van der Waals surface area contributed by atoms with Crippen molar-refractivity contribution in [1.82, 2.24) is 19.9 Å². The zero-order chi connectivity index (χ0) is 22.8. The standard InChI is InChI=1S/C24H23N7O2/c1-15-16(2)26-21-9-6-18(14-20(15)21)27-22-28-23(31-10-12-32-13-11-31)30-24(29-22)33-19-7-4-17(25-3)5-8-19/h4-9,14,26H,10-13H2,1-2H3,(H,27,28,29,30). The number of aromatic nitrogens is 4. The van der Waals surface area contributed by atoms with Gasteiger partial charge >= 0.3 is 6.01 Å². The SMILES string of the molecule is [C-]#[N+]c1ccc(Oc2nc(Nc3ccc4[nH]c(C)c(C)c4c3)nc(N3CCOCC3)n2)cc1. The summed E-state index contributed by atoms with van der Waals surface area (Å²) < 4.78 is 11.4. The van der Waals surface area contributed by atoms with Crippen LogP contribution in [0.15, 0.2) is 42.5 Å². The predicted octanol–water partition coefficient (Wildman–Crippen LogP) is 4.89. The maximum absolute atomic E-state index is 7.10. The van der Waals surface area contributed by atoms with Crippen LogP contribution in [0.2, 0.25) is 0 Å². The van der Waals surface area contributed by atoms with E-state index < -0.39 is 0 Å². The number of hydrogen-bond acceptors (Lipinski definition) is 7. The number of morpholine rings is 1. The molecular weight excluding hydrogens is 418 g/mol. The van der Waals surface area contributed by atoms with Crippen LogP contribution >= 0.6 is 0 Å². The molecule has 2 N–H and O–H groups in total. The number of aromatic amines is 1. The Bertz CT molecular complexity index is 1340. The highest BCUT2D eigenvalue weighted by Crippen LogP contribution is 2.28. The average molecular weight is 441 g/mol. The molecule has 166 valence electrons. The topological polar surface area (TPSA) is 92.5 Å². The van der Waals surface area contributed by atoms with Crippen LogP contribution in [-0.2, 0) is 4.74 Å². The number of benzene rings is 2. The Morgan fingerprint density at radius 1 is 1.06 bits per heavy atom. The number of fused-ring (bicyclic) bond motifs is 1. The summed E-state index contributed by atoms with van der Waals surface area (Å²) in [7, 11) is 0.